The maximum atomic E-state index is 5.51. The summed E-state index contributed by atoms with van der Waals surface area (Å²) in [5.74, 6) is 2.93. The molecule has 1 aliphatic heterocycles. The molecule has 0 radical (unpaired) electrons. The number of likely N-dealkylation sites (tertiary alicyclic amines) is 1. The number of hydrogen-bond acceptors (Lipinski definition) is 5. The van der Waals surface area contributed by atoms with Crippen molar-refractivity contribution in [1.82, 2.24) is 9.97 Å². The van der Waals surface area contributed by atoms with Crippen LogP contribution in [0.2, 0.25) is 0 Å². The van der Waals surface area contributed by atoms with Crippen LogP contribution < -0.4 is 10.2 Å². The van der Waals surface area contributed by atoms with Gasteiger partial charge in [-0.2, -0.15) is 0 Å². The molecule has 2 aliphatic rings. The van der Waals surface area contributed by atoms with Gasteiger partial charge in [0.1, 0.15) is 23.0 Å². The lowest BCUT2D eigenvalue weighted by atomic mass is 9.97. The molecule has 0 bridgehead atoms. The van der Waals surface area contributed by atoms with E-state index in [1.165, 1.54) is 72.3 Å². The summed E-state index contributed by atoms with van der Waals surface area (Å²) in [6.45, 7) is 4.10. The van der Waals surface area contributed by atoms with Crippen molar-refractivity contribution in [2.45, 2.75) is 58.0 Å². The van der Waals surface area contributed by atoms with Crippen molar-refractivity contribution < 1.29 is 9.32 Å². The van der Waals surface area contributed by atoms with Gasteiger partial charge in [-0.3, -0.25) is 0 Å². The minimum atomic E-state index is 0.666. The van der Waals surface area contributed by atoms with Gasteiger partial charge in [0, 0.05) is 4.88 Å². The van der Waals surface area contributed by atoms with Gasteiger partial charge in [0.05, 0.1) is 31.3 Å². The maximum Gasteiger partial charge on any atom is 0.187 e. The highest BCUT2D eigenvalue weighted by molar-refractivity contribution is 7.19. The largest absolute Gasteiger partial charge is 0.467 e. The molecule has 1 saturated heterocycles. The lowest BCUT2D eigenvalue weighted by Crippen LogP contribution is -3.11. The van der Waals surface area contributed by atoms with Crippen LogP contribution in [0.1, 0.15) is 54.1 Å². The Balaban J connectivity index is 1.50. The summed E-state index contributed by atoms with van der Waals surface area (Å²) in [6, 6.07) is 3.94. The zero-order chi connectivity index (χ0) is 18.1. The summed E-state index contributed by atoms with van der Waals surface area (Å²) in [4.78, 5) is 14.3. The van der Waals surface area contributed by atoms with E-state index < -0.39 is 0 Å². The predicted octanol–water partition coefficient (Wildman–Crippen LogP) is 3.34. The van der Waals surface area contributed by atoms with Crippen LogP contribution in [0.25, 0.3) is 10.2 Å². The molecule has 5 nitrogen and oxygen atoms in total. The topological polar surface area (TPSA) is 55.4 Å². The number of hydrogen-bond donors (Lipinski definition) is 2. The molecule has 1 fully saturated rings. The van der Waals surface area contributed by atoms with Crippen molar-refractivity contribution in [3.63, 3.8) is 0 Å². The molecule has 27 heavy (non-hydrogen) atoms. The molecule has 0 amide bonds. The van der Waals surface area contributed by atoms with Gasteiger partial charge in [-0.1, -0.05) is 0 Å². The van der Waals surface area contributed by atoms with Crippen LogP contribution in [0.3, 0.4) is 0 Å². The number of quaternary nitrogens is 1. The molecule has 3 aromatic rings. The van der Waals surface area contributed by atoms with Gasteiger partial charge in [-0.15, -0.1) is 11.3 Å². The SMILES string of the molecule is c1coc(CNc2nc(C[NH+]3CCCCC3)nc3sc4c(c23)CCCC4)c1. The molecule has 1 aliphatic carbocycles. The Morgan fingerprint density at radius 1 is 1.07 bits per heavy atom. The molecule has 6 heteroatoms. The summed E-state index contributed by atoms with van der Waals surface area (Å²) >= 11 is 1.89. The molecule has 3 aromatic heterocycles. The minimum Gasteiger partial charge on any atom is -0.467 e. The van der Waals surface area contributed by atoms with E-state index in [9.17, 15) is 0 Å². The van der Waals surface area contributed by atoms with E-state index in [2.05, 4.69) is 5.32 Å². The average molecular weight is 384 g/mol. The first kappa shape index (κ1) is 17.2. The normalized spacial score (nSPS) is 17.9. The van der Waals surface area contributed by atoms with E-state index in [-0.39, 0.29) is 0 Å². The number of nitrogens with zero attached hydrogens (tertiary/aromatic N) is 2. The first-order valence-electron chi connectivity index (χ1n) is 10.3. The monoisotopic (exact) mass is 383 g/mol. The first-order valence-corrected chi connectivity index (χ1v) is 11.1. The molecule has 0 aromatic carbocycles. The second-order valence-electron chi connectivity index (χ2n) is 7.80. The van der Waals surface area contributed by atoms with Crippen LogP contribution in [0.5, 0.6) is 0 Å². The Hall–Kier alpha value is -1.92. The first-order chi connectivity index (χ1) is 13.4. The highest BCUT2D eigenvalue weighted by atomic mass is 32.1. The van der Waals surface area contributed by atoms with Gasteiger partial charge >= 0.3 is 0 Å². The van der Waals surface area contributed by atoms with Gasteiger partial charge in [0.2, 0.25) is 0 Å². The van der Waals surface area contributed by atoms with Crippen molar-refractivity contribution in [2.24, 2.45) is 0 Å². The fourth-order valence-corrected chi connectivity index (χ4v) is 5.72. The zero-order valence-electron chi connectivity index (χ0n) is 15.7. The third-order valence-electron chi connectivity index (χ3n) is 5.84. The van der Waals surface area contributed by atoms with Crippen LogP contribution in [-0.4, -0.2) is 23.1 Å². The molecule has 142 valence electrons. The Kier molecular flexibility index (Phi) is 4.84. The molecule has 0 spiro atoms. The summed E-state index contributed by atoms with van der Waals surface area (Å²) in [6.07, 6.45) is 10.7. The van der Waals surface area contributed by atoms with Crippen molar-refractivity contribution in [1.29, 1.82) is 0 Å². The number of aryl methyl sites for hydroxylation is 2. The van der Waals surface area contributed by atoms with Crippen molar-refractivity contribution in [3.8, 4) is 0 Å². The standard InChI is InChI=1S/C21H26N4OS/c1-4-10-25(11-5-1)14-18-23-20(22-13-15-7-6-12-26-15)19-16-8-2-3-9-17(16)27-21(19)24-18/h6-7,12H,1-5,8-11,13-14H2,(H,22,23,24)/p+1. The fourth-order valence-electron chi connectivity index (χ4n) is 4.44. The molecule has 2 N–H and O–H groups in total. The lowest BCUT2D eigenvalue weighted by molar-refractivity contribution is -0.919. The van der Waals surface area contributed by atoms with Crippen molar-refractivity contribution >= 4 is 27.4 Å². The fraction of sp³-hybridized carbons (Fsp3) is 0.524. The number of nitrogens with one attached hydrogen (secondary N) is 2. The van der Waals surface area contributed by atoms with Crippen LogP contribution in [-0.2, 0) is 25.9 Å². The van der Waals surface area contributed by atoms with E-state index in [1.807, 2.05) is 23.5 Å². The van der Waals surface area contributed by atoms with Gasteiger partial charge in [-0.05, 0) is 62.6 Å². The van der Waals surface area contributed by atoms with Gasteiger partial charge < -0.3 is 14.6 Å². The second kappa shape index (κ2) is 7.60. The van der Waals surface area contributed by atoms with E-state index >= 15 is 0 Å². The number of aromatic nitrogens is 2. The highest BCUT2D eigenvalue weighted by Crippen LogP contribution is 2.38. The number of furan rings is 1. The quantitative estimate of drug-likeness (QED) is 0.709. The molecule has 5 rings (SSSR count). The number of thiophene rings is 1. The predicted molar refractivity (Wildman–Crippen MR) is 108 cm³/mol. The zero-order valence-corrected chi connectivity index (χ0v) is 16.5. The van der Waals surface area contributed by atoms with Crippen molar-refractivity contribution in [2.75, 3.05) is 18.4 Å². The van der Waals surface area contributed by atoms with Gasteiger partial charge in [-0.25, -0.2) is 9.97 Å². The number of fused-ring (bicyclic) bond motifs is 3. The Labute approximate surface area is 163 Å². The molecule has 0 atom stereocenters. The lowest BCUT2D eigenvalue weighted by Gasteiger charge is -2.23. The number of anilines is 1. The summed E-state index contributed by atoms with van der Waals surface area (Å²) in [5, 5.41) is 4.82. The maximum absolute atomic E-state index is 5.51. The summed E-state index contributed by atoms with van der Waals surface area (Å²) < 4.78 is 5.51. The minimum absolute atomic E-state index is 0.666. The molecular formula is C21H27N4OS+. The Morgan fingerprint density at radius 3 is 2.81 bits per heavy atom. The van der Waals surface area contributed by atoms with Crippen LogP contribution in [0.15, 0.2) is 22.8 Å². The van der Waals surface area contributed by atoms with Crippen LogP contribution in [0, 0.1) is 0 Å². The molecular weight excluding hydrogens is 356 g/mol. The van der Waals surface area contributed by atoms with Gasteiger partial charge in [0.15, 0.2) is 5.82 Å². The molecule has 0 unspecified atom stereocenters. The smallest absolute Gasteiger partial charge is 0.187 e. The van der Waals surface area contributed by atoms with Crippen LogP contribution >= 0.6 is 11.3 Å². The number of piperidine rings is 1. The van der Waals surface area contributed by atoms with E-state index in [4.69, 9.17) is 14.4 Å². The van der Waals surface area contributed by atoms with E-state index in [0.717, 1.165) is 30.4 Å². The average Bonchev–Trinajstić information content (AvgIpc) is 3.34. The summed E-state index contributed by atoms with van der Waals surface area (Å²) in [5.41, 5.74) is 1.49. The van der Waals surface area contributed by atoms with E-state index in [0.29, 0.717) is 6.54 Å². The molecule has 0 saturated carbocycles. The Morgan fingerprint density at radius 2 is 1.96 bits per heavy atom. The highest BCUT2D eigenvalue weighted by Gasteiger charge is 2.23. The van der Waals surface area contributed by atoms with Gasteiger partial charge in [0.25, 0.3) is 0 Å². The second-order valence-corrected chi connectivity index (χ2v) is 8.88. The molecule has 4 heterocycles. The third kappa shape index (κ3) is 3.60. The summed E-state index contributed by atoms with van der Waals surface area (Å²) in [7, 11) is 0. The Bertz CT molecular complexity index is 912. The van der Waals surface area contributed by atoms with Crippen molar-refractivity contribution in [3.05, 3.63) is 40.4 Å². The van der Waals surface area contributed by atoms with E-state index in [1.54, 1.807) is 11.2 Å². The van der Waals surface area contributed by atoms with Crippen LogP contribution in [0.4, 0.5) is 5.82 Å². The third-order valence-corrected chi connectivity index (χ3v) is 7.03. The number of rotatable bonds is 5.